The number of ether oxygens (including phenoxy) is 2. The topological polar surface area (TPSA) is 195 Å². The van der Waals surface area contributed by atoms with Crippen LogP contribution in [0.4, 0.5) is 4.79 Å². The van der Waals surface area contributed by atoms with Gasteiger partial charge in [0.1, 0.15) is 17.3 Å². The summed E-state index contributed by atoms with van der Waals surface area (Å²) in [6, 6.07) is 8.37. The lowest BCUT2D eigenvalue weighted by Crippen LogP contribution is -2.77. The highest BCUT2D eigenvalue weighted by atomic mass is 35.5. The molecule has 69 heavy (non-hydrogen) atoms. The van der Waals surface area contributed by atoms with E-state index < -0.39 is 46.3 Å². The van der Waals surface area contributed by atoms with Gasteiger partial charge in [0.05, 0.1) is 29.7 Å². The van der Waals surface area contributed by atoms with Gasteiger partial charge in [-0.2, -0.15) is 9.78 Å². The number of nitrogens with zero attached hydrogens (tertiary/aromatic N) is 2. The Balaban J connectivity index is 0.966. The van der Waals surface area contributed by atoms with Gasteiger partial charge in [-0.1, -0.05) is 86.0 Å². The van der Waals surface area contributed by atoms with Gasteiger partial charge in [-0.05, 0) is 139 Å². The number of fused-ring (bicyclic) bond motifs is 7. The van der Waals surface area contributed by atoms with Gasteiger partial charge in [-0.25, -0.2) is 4.79 Å². The lowest BCUT2D eigenvalue weighted by Gasteiger charge is -2.72. The van der Waals surface area contributed by atoms with Crippen molar-refractivity contribution in [2.45, 2.75) is 151 Å². The number of Topliss-reactive ketones (excluding diaryl/α,β-unsaturated/α-hetero) is 1. The average Bonchev–Trinajstić information content (AvgIpc) is 3.83. The van der Waals surface area contributed by atoms with Gasteiger partial charge in [-0.3, -0.25) is 24.0 Å². The molecule has 1 aliphatic heterocycles. The molecule has 4 N–H and O–H groups in total. The lowest BCUT2D eigenvalue weighted by atomic mass is 9.33. The summed E-state index contributed by atoms with van der Waals surface area (Å²) in [5, 5.41) is 24.3. The molecule has 6 fully saturated rings. The Kier molecular flexibility index (Phi) is 12.0. The van der Waals surface area contributed by atoms with E-state index in [4.69, 9.17) is 21.1 Å². The number of hydrogen-bond donors (Lipinski definition) is 4. The molecule has 0 bridgehead atoms. The molecule has 10 atom stereocenters. The SMILES string of the molecule is CCOC(=O)n1nc(-c2ccc(Cl)cc2)cc1C(=O)NC1(C(=O)N[C@@]23CC[C@]4(C)[C@H](CC[C@@H]5[C@@]6(C)CC[C@H](OC(=O)[C@H]7C[C@@H](C(=O)O)C7(C)C)C(C)(C)[C@@H]6CC[C@]54C)C2=C(C(C)C)C(=O)C3)CNC1. The van der Waals surface area contributed by atoms with Crippen molar-refractivity contribution in [3.63, 3.8) is 0 Å². The molecule has 6 aliphatic carbocycles. The van der Waals surface area contributed by atoms with Crippen LogP contribution >= 0.6 is 11.6 Å². The second-order valence-electron chi connectivity index (χ2n) is 24.2. The monoisotopic (exact) mass is 970 g/mol. The zero-order valence-corrected chi connectivity index (χ0v) is 42.9. The highest BCUT2D eigenvalue weighted by Gasteiger charge is 2.71. The van der Waals surface area contributed by atoms with Crippen LogP contribution in [0.1, 0.15) is 144 Å². The fourth-order valence-corrected chi connectivity index (χ4v) is 16.0. The van der Waals surface area contributed by atoms with E-state index in [-0.39, 0.29) is 89.1 Å². The number of aromatic nitrogens is 2. The number of carboxylic acid groups (broad SMARTS) is 1. The van der Waals surface area contributed by atoms with Crippen LogP contribution in [0, 0.1) is 62.6 Å². The first-order chi connectivity index (χ1) is 32.3. The predicted octanol–water partition coefficient (Wildman–Crippen LogP) is 8.79. The minimum atomic E-state index is -1.36. The Labute approximate surface area is 411 Å². The van der Waals surface area contributed by atoms with E-state index in [0.717, 1.165) is 60.8 Å². The number of hydrogen-bond acceptors (Lipinski definition) is 10. The smallest absolute Gasteiger partial charge is 0.435 e. The van der Waals surface area contributed by atoms with Crippen LogP contribution in [0.25, 0.3) is 11.3 Å². The first kappa shape index (κ1) is 49.4. The first-order valence-electron chi connectivity index (χ1n) is 25.4. The Morgan fingerprint density at radius 1 is 0.870 bits per heavy atom. The lowest BCUT2D eigenvalue weighted by molar-refractivity contribution is -0.235. The van der Waals surface area contributed by atoms with Crippen molar-refractivity contribution in [3.8, 4) is 11.3 Å². The quantitative estimate of drug-likeness (QED) is 0.166. The van der Waals surface area contributed by atoms with E-state index in [0.29, 0.717) is 41.0 Å². The molecule has 0 spiro atoms. The molecule has 2 amide bonds. The molecule has 0 unspecified atom stereocenters. The van der Waals surface area contributed by atoms with Crippen LogP contribution in [0.3, 0.4) is 0 Å². The van der Waals surface area contributed by atoms with Crippen LogP contribution < -0.4 is 16.0 Å². The van der Waals surface area contributed by atoms with Crippen molar-refractivity contribution >= 4 is 47.2 Å². The number of carboxylic acids is 1. The van der Waals surface area contributed by atoms with Gasteiger partial charge < -0.3 is 30.5 Å². The number of allylic oxidation sites excluding steroid dienone is 1. The van der Waals surface area contributed by atoms with Crippen LogP contribution in [-0.4, -0.2) is 87.4 Å². The Bertz CT molecular complexity index is 2530. The van der Waals surface area contributed by atoms with Crippen molar-refractivity contribution in [1.29, 1.82) is 0 Å². The average molecular weight is 971 g/mol. The van der Waals surface area contributed by atoms with E-state index in [1.54, 1.807) is 31.2 Å². The molecule has 5 saturated carbocycles. The number of rotatable bonds is 10. The summed E-state index contributed by atoms with van der Waals surface area (Å²) >= 11 is 6.14. The van der Waals surface area contributed by atoms with Crippen molar-refractivity contribution in [2.24, 2.45) is 62.6 Å². The maximum absolute atomic E-state index is 15.0. The number of amides is 2. The molecular weight excluding hydrogens is 898 g/mol. The largest absolute Gasteiger partial charge is 0.481 e. The molecule has 0 radical (unpaired) electrons. The van der Waals surface area contributed by atoms with Crippen LogP contribution in [0.5, 0.6) is 0 Å². The number of benzene rings is 1. The molecular formula is C54H72ClN5O9. The Morgan fingerprint density at radius 3 is 2.17 bits per heavy atom. The third kappa shape index (κ3) is 7.36. The number of carbonyl (C=O) groups is 6. The molecule has 1 aromatic carbocycles. The molecule has 7 aliphatic rings. The second kappa shape index (κ2) is 16.8. The van der Waals surface area contributed by atoms with Gasteiger partial charge in [0, 0.05) is 35.5 Å². The summed E-state index contributed by atoms with van der Waals surface area (Å²) in [7, 11) is 0. The summed E-state index contributed by atoms with van der Waals surface area (Å²) in [5.74, 6) is -2.38. The molecule has 2 aromatic rings. The van der Waals surface area contributed by atoms with Gasteiger partial charge in [0.15, 0.2) is 5.78 Å². The number of aliphatic carboxylic acids is 1. The van der Waals surface area contributed by atoms with Crippen molar-refractivity contribution in [3.05, 3.63) is 52.2 Å². The standard InChI is InChI=1S/C54H72ClN5O9/c1-11-68-47(67)60-36(25-35(59-60)30-12-14-31(55)15-13-30)43(62)57-54(27-56-28-54)46(66)58-53-23-22-51(9)32(42(53)41(29(2)3)37(61)26-53)16-17-39-50(8)20-19-40(49(6,7)38(50)18-21-52(39,51)10)69-45(65)34-24-33(44(63)64)48(34,4)5/h12-15,25,29,32-34,38-40,56H,11,16-24,26-28H2,1-10H3,(H,57,62)(H,58,66)(H,63,64)/t32-,33+,34-,38+,39-,40+,50+,51-,52-,53-/m1/s1. The molecule has 1 aromatic heterocycles. The zero-order valence-electron chi connectivity index (χ0n) is 42.1. The van der Waals surface area contributed by atoms with E-state index >= 15 is 4.79 Å². The van der Waals surface area contributed by atoms with Crippen molar-refractivity contribution in [1.82, 2.24) is 25.7 Å². The van der Waals surface area contributed by atoms with Gasteiger partial charge in [0.25, 0.3) is 5.91 Å². The van der Waals surface area contributed by atoms with E-state index in [9.17, 15) is 29.1 Å². The van der Waals surface area contributed by atoms with E-state index in [2.05, 4.69) is 69.5 Å². The molecule has 9 rings (SSSR count). The summed E-state index contributed by atoms with van der Waals surface area (Å²) in [5.41, 5.74) is -0.687. The number of ketones is 1. The molecule has 15 heteroatoms. The van der Waals surface area contributed by atoms with E-state index in [1.165, 1.54) is 6.07 Å². The van der Waals surface area contributed by atoms with Gasteiger partial charge in [0.2, 0.25) is 5.91 Å². The highest BCUT2D eigenvalue weighted by molar-refractivity contribution is 6.30. The van der Waals surface area contributed by atoms with E-state index in [1.807, 2.05) is 13.8 Å². The summed E-state index contributed by atoms with van der Waals surface area (Å²) in [6.45, 7) is 21.9. The number of nitrogens with one attached hydrogen (secondary N) is 3. The van der Waals surface area contributed by atoms with Crippen molar-refractivity contribution in [2.75, 3.05) is 19.7 Å². The third-order valence-corrected chi connectivity index (χ3v) is 20.2. The summed E-state index contributed by atoms with van der Waals surface area (Å²) in [6.07, 6.45) is 6.31. The van der Waals surface area contributed by atoms with Crippen LogP contribution in [0.2, 0.25) is 5.02 Å². The Morgan fingerprint density at radius 2 is 1.57 bits per heavy atom. The predicted molar refractivity (Wildman–Crippen MR) is 259 cm³/mol. The van der Waals surface area contributed by atoms with Crippen molar-refractivity contribution < 1.29 is 43.3 Å². The van der Waals surface area contributed by atoms with Gasteiger partial charge >= 0.3 is 18.0 Å². The summed E-state index contributed by atoms with van der Waals surface area (Å²) in [4.78, 5) is 82.5. The number of carbonyl (C=O) groups excluding carboxylic acids is 5. The number of esters is 1. The van der Waals surface area contributed by atoms with Crippen LogP contribution in [0.15, 0.2) is 41.5 Å². The minimum Gasteiger partial charge on any atom is -0.481 e. The minimum absolute atomic E-state index is 0.0267. The molecule has 374 valence electrons. The normalized spacial score (nSPS) is 35.8. The molecule has 1 saturated heterocycles. The molecule has 2 heterocycles. The zero-order chi connectivity index (χ0) is 50.0. The fourth-order valence-electron chi connectivity index (χ4n) is 15.8. The number of halogens is 1. The highest BCUT2D eigenvalue weighted by Crippen LogP contribution is 2.76. The van der Waals surface area contributed by atoms with Gasteiger partial charge in [-0.15, -0.1) is 0 Å². The Hall–Kier alpha value is -4.56. The maximum atomic E-state index is 15.0. The second-order valence-corrected chi connectivity index (χ2v) is 24.6. The maximum Gasteiger partial charge on any atom is 0.435 e. The molecule has 14 nitrogen and oxygen atoms in total. The first-order valence-corrected chi connectivity index (χ1v) is 25.8. The fraction of sp³-hybridized carbons (Fsp3) is 0.685. The third-order valence-electron chi connectivity index (χ3n) is 20.0. The summed E-state index contributed by atoms with van der Waals surface area (Å²) < 4.78 is 12.6. The van der Waals surface area contributed by atoms with Crippen LogP contribution in [-0.2, 0) is 28.7 Å².